The molecular formula is C15H19F3N2O. The van der Waals surface area contributed by atoms with E-state index < -0.39 is 17.5 Å². The van der Waals surface area contributed by atoms with Crippen molar-refractivity contribution in [2.75, 3.05) is 26.2 Å². The lowest BCUT2D eigenvalue weighted by Gasteiger charge is -2.34. The zero-order chi connectivity index (χ0) is 15.4. The van der Waals surface area contributed by atoms with Crippen molar-refractivity contribution >= 4 is 5.91 Å². The minimum absolute atomic E-state index is 0.00214. The SMILES string of the molecule is CCCCN1CCN(Cc2ccc(F)c(F)c2F)CC1=O. The van der Waals surface area contributed by atoms with Gasteiger partial charge in [0.25, 0.3) is 0 Å². The quantitative estimate of drug-likeness (QED) is 0.780. The Morgan fingerprint density at radius 3 is 2.57 bits per heavy atom. The molecule has 1 amide bonds. The Hall–Kier alpha value is -1.56. The van der Waals surface area contributed by atoms with E-state index in [1.807, 2.05) is 0 Å². The van der Waals surface area contributed by atoms with Crippen molar-refractivity contribution < 1.29 is 18.0 Å². The van der Waals surface area contributed by atoms with E-state index in [-0.39, 0.29) is 24.6 Å². The Labute approximate surface area is 122 Å². The van der Waals surface area contributed by atoms with Crippen LogP contribution in [0.2, 0.25) is 0 Å². The normalized spacial score (nSPS) is 16.6. The average Bonchev–Trinajstić information content (AvgIpc) is 2.47. The van der Waals surface area contributed by atoms with Crippen molar-refractivity contribution in [2.45, 2.75) is 26.3 Å². The molecule has 21 heavy (non-hydrogen) atoms. The van der Waals surface area contributed by atoms with Crippen LogP contribution in [0.3, 0.4) is 0 Å². The van der Waals surface area contributed by atoms with Crippen LogP contribution in [-0.2, 0) is 11.3 Å². The summed E-state index contributed by atoms with van der Waals surface area (Å²) in [6, 6.07) is 2.13. The molecule has 3 nitrogen and oxygen atoms in total. The number of carbonyl (C=O) groups excluding carboxylic acids is 1. The van der Waals surface area contributed by atoms with Gasteiger partial charge >= 0.3 is 0 Å². The zero-order valence-corrected chi connectivity index (χ0v) is 12.0. The minimum atomic E-state index is -1.46. The third-order valence-corrected chi connectivity index (χ3v) is 3.69. The number of benzene rings is 1. The number of carbonyl (C=O) groups is 1. The van der Waals surface area contributed by atoms with E-state index in [0.717, 1.165) is 25.5 Å². The van der Waals surface area contributed by atoms with E-state index in [1.54, 1.807) is 9.80 Å². The fourth-order valence-corrected chi connectivity index (χ4v) is 2.41. The van der Waals surface area contributed by atoms with Gasteiger partial charge in [-0.25, -0.2) is 13.2 Å². The van der Waals surface area contributed by atoms with E-state index in [4.69, 9.17) is 0 Å². The highest BCUT2D eigenvalue weighted by atomic mass is 19.2. The molecule has 0 N–H and O–H groups in total. The Morgan fingerprint density at radius 2 is 1.90 bits per heavy atom. The van der Waals surface area contributed by atoms with Crippen molar-refractivity contribution in [2.24, 2.45) is 0 Å². The molecule has 1 heterocycles. The first kappa shape index (κ1) is 15.8. The van der Waals surface area contributed by atoms with Crippen LogP contribution in [-0.4, -0.2) is 41.9 Å². The van der Waals surface area contributed by atoms with E-state index in [0.29, 0.717) is 13.1 Å². The molecule has 1 saturated heterocycles. The third-order valence-electron chi connectivity index (χ3n) is 3.69. The smallest absolute Gasteiger partial charge is 0.236 e. The topological polar surface area (TPSA) is 23.6 Å². The number of halogens is 3. The lowest BCUT2D eigenvalue weighted by Crippen LogP contribution is -2.50. The molecule has 0 atom stereocenters. The van der Waals surface area contributed by atoms with Gasteiger partial charge in [-0.15, -0.1) is 0 Å². The highest BCUT2D eigenvalue weighted by Crippen LogP contribution is 2.18. The minimum Gasteiger partial charge on any atom is -0.340 e. The Kier molecular flexibility index (Phi) is 5.22. The fourth-order valence-electron chi connectivity index (χ4n) is 2.41. The van der Waals surface area contributed by atoms with Gasteiger partial charge in [0.2, 0.25) is 5.91 Å². The van der Waals surface area contributed by atoms with Crippen LogP contribution in [0.4, 0.5) is 13.2 Å². The summed E-state index contributed by atoms with van der Waals surface area (Å²) in [5.74, 6) is -3.83. The lowest BCUT2D eigenvalue weighted by atomic mass is 10.1. The predicted octanol–water partition coefficient (Wildman–Crippen LogP) is 2.55. The molecule has 0 unspecified atom stereocenters. The van der Waals surface area contributed by atoms with Crippen molar-refractivity contribution in [3.63, 3.8) is 0 Å². The highest BCUT2D eigenvalue weighted by Gasteiger charge is 2.24. The monoisotopic (exact) mass is 300 g/mol. The van der Waals surface area contributed by atoms with Gasteiger partial charge in [0, 0.05) is 31.7 Å². The summed E-state index contributed by atoms with van der Waals surface area (Å²) >= 11 is 0. The molecule has 1 aromatic carbocycles. The van der Waals surface area contributed by atoms with Gasteiger partial charge in [0.05, 0.1) is 6.54 Å². The average molecular weight is 300 g/mol. The fraction of sp³-hybridized carbons (Fsp3) is 0.533. The molecule has 2 rings (SSSR count). The lowest BCUT2D eigenvalue weighted by molar-refractivity contribution is -0.136. The van der Waals surface area contributed by atoms with Gasteiger partial charge in [-0.3, -0.25) is 9.69 Å². The van der Waals surface area contributed by atoms with E-state index in [1.165, 1.54) is 6.07 Å². The first-order valence-corrected chi connectivity index (χ1v) is 7.15. The van der Waals surface area contributed by atoms with Crippen molar-refractivity contribution in [1.82, 2.24) is 9.80 Å². The molecule has 0 saturated carbocycles. The van der Waals surface area contributed by atoms with Crippen LogP contribution in [0, 0.1) is 17.5 Å². The number of hydrogen-bond acceptors (Lipinski definition) is 2. The number of rotatable bonds is 5. The molecule has 1 aliphatic heterocycles. The second-order valence-electron chi connectivity index (χ2n) is 5.28. The highest BCUT2D eigenvalue weighted by molar-refractivity contribution is 5.79. The molecule has 0 aromatic heterocycles. The van der Waals surface area contributed by atoms with Crippen LogP contribution in [0.1, 0.15) is 25.3 Å². The summed E-state index contributed by atoms with van der Waals surface area (Å²) in [5.41, 5.74) is 0.0729. The summed E-state index contributed by atoms with van der Waals surface area (Å²) in [7, 11) is 0. The van der Waals surface area contributed by atoms with Crippen molar-refractivity contribution in [1.29, 1.82) is 0 Å². The standard InChI is InChI=1S/C15H19F3N2O/c1-2-3-6-20-8-7-19(10-13(20)21)9-11-4-5-12(16)15(18)14(11)17/h4-5H,2-3,6-10H2,1H3. The number of unbranched alkanes of at least 4 members (excludes halogenated alkanes) is 1. The molecule has 1 fully saturated rings. The van der Waals surface area contributed by atoms with E-state index in [9.17, 15) is 18.0 Å². The van der Waals surface area contributed by atoms with Crippen molar-refractivity contribution in [3.8, 4) is 0 Å². The zero-order valence-electron chi connectivity index (χ0n) is 12.0. The van der Waals surface area contributed by atoms with Crippen LogP contribution in [0.25, 0.3) is 0 Å². The summed E-state index contributed by atoms with van der Waals surface area (Å²) in [4.78, 5) is 15.5. The molecule has 116 valence electrons. The maximum atomic E-state index is 13.6. The Morgan fingerprint density at radius 1 is 1.14 bits per heavy atom. The molecule has 0 bridgehead atoms. The first-order valence-electron chi connectivity index (χ1n) is 7.15. The van der Waals surface area contributed by atoms with Gasteiger partial charge in [-0.1, -0.05) is 19.4 Å². The van der Waals surface area contributed by atoms with Gasteiger partial charge in [-0.05, 0) is 12.5 Å². The third kappa shape index (κ3) is 3.75. The van der Waals surface area contributed by atoms with Gasteiger partial charge in [-0.2, -0.15) is 0 Å². The molecule has 0 spiro atoms. The number of piperazine rings is 1. The molecule has 6 heteroatoms. The van der Waals surface area contributed by atoms with Crippen LogP contribution >= 0.6 is 0 Å². The molecule has 0 aliphatic carbocycles. The number of nitrogens with zero attached hydrogens (tertiary/aromatic N) is 2. The van der Waals surface area contributed by atoms with Gasteiger partial charge in [0.1, 0.15) is 0 Å². The van der Waals surface area contributed by atoms with Gasteiger partial charge < -0.3 is 4.90 Å². The van der Waals surface area contributed by atoms with Crippen LogP contribution < -0.4 is 0 Å². The van der Waals surface area contributed by atoms with Crippen LogP contribution in [0.5, 0.6) is 0 Å². The molecule has 1 aromatic rings. The first-order chi connectivity index (χ1) is 10.0. The van der Waals surface area contributed by atoms with E-state index in [2.05, 4.69) is 6.92 Å². The van der Waals surface area contributed by atoms with E-state index >= 15 is 0 Å². The van der Waals surface area contributed by atoms with Crippen LogP contribution in [0.15, 0.2) is 12.1 Å². The van der Waals surface area contributed by atoms with Gasteiger partial charge in [0.15, 0.2) is 17.5 Å². The molecule has 1 aliphatic rings. The maximum Gasteiger partial charge on any atom is 0.236 e. The summed E-state index contributed by atoms with van der Waals surface area (Å²) in [6.45, 7) is 4.28. The number of amides is 1. The number of hydrogen-bond donors (Lipinski definition) is 0. The Bertz CT molecular complexity index is 522. The Balaban J connectivity index is 1.97. The summed E-state index contributed by atoms with van der Waals surface area (Å²) in [5, 5.41) is 0. The predicted molar refractivity (Wildman–Crippen MR) is 73.1 cm³/mol. The largest absolute Gasteiger partial charge is 0.340 e. The second-order valence-corrected chi connectivity index (χ2v) is 5.28. The molecular weight excluding hydrogens is 281 g/mol. The molecule has 0 radical (unpaired) electrons. The summed E-state index contributed by atoms with van der Waals surface area (Å²) < 4.78 is 39.7. The second kappa shape index (κ2) is 6.93. The maximum absolute atomic E-state index is 13.6. The van der Waals surface area contributed by atoms with Crippen molar-refractivity contribution in [3.05, 3.63) is 35.1 Å². The summed E-state index contributed by atoms with van der Waals surface area (Å²) in [6.07, 6.45) is 1.98.